The van der Waals surface area contributed by atoms with Gasteiger partial charge in [0, 0.05) is 23.3 Å². The van der Waals surface area contributed by atoms with Crippen molar-refractivity contribution >= 4 is 29.1 Å². The molecule has 1 fully saturated rings. The van der Waals surface area contributed by atoms with Gasteiger partial charge in [-0.05, 0) is 77.3 Å². The number of hydrogen-bond donors (Lipinski definition) is 1. The Morgan fingerprint density at radius 3 is 2.39 bits per heavy atom. The van der Waals surface area contributed by atoms with E-state index in [1.807, 2.05) is 23.1 Å². The predicted octanol–water partition coefficient (Wildman–Crippen LogP) is 4.23. The van der Waals surface area contributed by atoms with Crippen molar-refractivity contribution < 1.29 is 19.1 Å². The van der Waals surface area contributed by atoms with E-state index in [1.165, 1.54) is 4.90 Å². The van der Waals surface area contributed by atoms with Crippen LogP contribution in [0, 0.1) is 0 Å². The zero-order valence-electron chi connectivity index (χ0n) is 19.6. The monoisotopic (exact) mass is 449 g/mol. The number of nitrogens with one attached hydrogen (secondary N) is 1. The molecular formula is C26H31N3O4. The van der Waals surface area contributed by atoms with E-state index in [0.29, 0.717) is 22.7 Å². The number of piperidine rings is 1. The van der Waals surface area contributed by atoms with E-state index in [-0.39, 0.29) is 36.3 Å². The molecule has 0 radical (unpaired) electrons. The standard InChI is InChI=1S/C26H31N3O4/c1-17-9-8-10-18(2)29(17)23(30)16-28-21-15-19(24(31)27-20-11-6-5-7-12-20)13-14-22(21)33-26(3,4)25(28)32/h5-7,11-15,17-18H,8-10,16H2,1-4H3,(H,27,31)/t17-,18-/m1/s1. The third-order valence-electron chi connectivity index (χ3n) is 6.44. The number of benzene rings is 2. The van der Waals surface area contributed by atoms with E-state index >= 15 is 0 Å². The van der Waals surface area contributed by atoms with Gasteiger partial charge >= 0.3 is 0 Å². The third kappa shape index (κ3) is 4.58. The van der Waals surface area contributed by atoms with Gasteiger partial charge in [0.2, 0.25) is 5.91 Å². The molecule has 7 heteroatoms. The summed E-state index contributed by atoms with van der Waals surface area (Å²) in [6.07, 6.45) is 3.01. The van der Waals surface area contributed by atoms with Crippen molar-refractivity contribution in [2.75, 3.05) is 16.8 Å². The largest absolute Gasteiger partial charge is 0.476 e. The normalized spacial score (nSPS) is 21.8. The van der Waals surface area contributed by atoms with Crippen LogP contribution in [0.3, 0.4) is 0 Å². The van der Waals surface area contributed by atoms with E-state index in [4.69, 9.17) is 4.74 Å². The van der Waals surface area contributed by atoms with Crippen molar-refractivity contribution in [2.45, 2.75) is 64.6 Å². The summed E-state index contributed by atoms with van der Waals surface area (Å²) in [5.74, 6) is -0.221. The number of amides is 3. The number of fused-ring (bicyclic) bond motifs is 1. The van der Waals surface area contributed by atoms with Crippen molar-refractivity contribution in [3.63, 3.8) is 0 Å². The second-order valence-corrected chi connectivity index (χ2v) is 9.44. The van der Waals surface area contributed by atoms with Crippen LogP contribution in [-0.4, -0.2) is 46.9 Å². The highest BCUT2D eigenvalue weighted by molar-refractivity contribution is 6.09. The quantitative estimate of drug-likeness (QED) is 0.758. The molecule has 2 atom stereocenters. The first-order valence-corrected chi connectivity index (χ1v) is 11.5. The molecule has 0 unspecified atom stereocenters. The van der Waals surface area contributed by atoms with Crippen LogP contribution < -0.4 is 15.0 Å². The number of hydrogen-bond acceptors (Lipinski definition) is 4. The highest BCUT2D eigenvalue weighted by Crippen LogP contribution is 2.39. The molecule has 3 amide bonds. The fourth-order valence-electron chi connectivity index (χ4n) is 4.72. The Bertz CT molecular complexity index is 1060. The maximum Gasteiger partial charge on any atom is 0.271 e. The number of carbonyl (C=O) groups excluding carboxylic acids is 3. The van der Waals surface area contributed by atoms with Gasteiger partial charge in [-0.25, -0.2) is 0 Å². The lowest BCUT2D eigenvalue weighted by Gasteiger charge is -2.42. The van der Waals surface area contributed by atoms with Crippen molar-refractivity contribution in [3.8, 4) is 5.75 Å². The fourth-order valence-corrected chi connectivity index (χ4v) is 4.72. The van der Waals surface area contributed by atoms with Crippen LogP contribution in [0.2, 0.25) is 0 Å². The number of anilines is 2. The molecule has 0 spiro atoms. The lowest BCUT2D eigenvalue weighted by molar-refractivity contribution is -0.139. The van der Waals surface area contributed by atoms with Gasteiger partial charge in [-0.15, -0.1) is 0 Å². The Kier molecular flexibility index (Phi) is 6.15. The van der Waals surface area contributed by atoms with Gasteiger partial charge in [-0.1, -0.05) is 18.2 Å². The molecule has 2 aliphatic rings. The number of nitrogens with zero attached hydrogens (tertiary/aromatic N) is 2. The zero-order valence-corrected chi connectivity index (χ0v) is 19.6. The average molecular weight is 450 g/mol. The van der Waals surface area contributed by atoms with E-state index < -0.39 is 5.60 Å². The van der Waals surface area contributed by atoms with Gasteiger partial charge in [0.25, 0.3) is 11.8 Å². The van der Waals surface area contributed by atoms with Crippen LogP contribution in [0.25, 0.3) is 0 Å². The lowest BCUT2D eigenvalue weighted by atomic mass is 9.97. The summed E-state index contributed by atoms with van der Waals surface area (Å²) in [6, 6.07) is 14.4. The second-order valence-electron chi connectivity index (χ2n) is 9.44. The number of rotatable bonds is 4. The molecule has 4 rings (SSSR count). The molecule has 174 valence electrons. The number of ether oxygens (including phenoxy) is 1. The molecular weight excluding hydrogens is 418 g/mol. The minimum atomic E-state index is -1.11. The summed E-state index contributed by atoms with van der Waals surface area (Å²) in [4.78, 5) is 42.8. The third-order valence-corrected chi connectivity index (χ3v) is 6.44. The summed E-state index contributed by atoms with van der Waals surface area (Å²) in [6.45, 7) is 7.41. The molecule has 1 N–H and O–H groups in total. The topological polar surface area (TPSA) is 79.0 Å². The summed E-state index contributed by atoms with van der Waals surface area (Å²) >= 11 is 0. The van der Waals surface area contributed by atoms with E-state index in [1.54, 1.807) is 44.2 Å². The Morgan fingerprint density at radius 2 is 1.73 bits per heavy atom. The van der Waals surface area contributed by atoms with Crippen LogP contribution in [0.15, 0.2) is 48.5 Å². The number of para-hydroxylation sites is 1. The van der Waals surface area contributed by atoms with Gasteiger partial charge in [-0.3, -0.25) is 19.3 Å². The Hall–Kier alpha value is -3.35. The average Bonchev–Trinajstić information content (AvgIpc) is 2.77. The van der Waals surface area contributed by atoms with Crippen molar-refractivity contribution in [1.82, 2.24) is 4.90 Å². The summed E-state index contributed by atoms with van der Waals surface area (Å²) < 4.78 is 5.94. The molecule has 0 aromatic heterocycles. The molecule has 1 saturated heterocycles. The Morgan fingerprint density at radius 1 is 1.06 bits per heavy atom. The minimum Gasteiger partial charge on any atom is -0.476 e. The van der Waals surface area contributed by atoms with Gasteiger partial charge in [0.05, 0.1) is 5.69 Å². The lowest BCUT2D eigenvalue weighted by Crippen LogP contribution is -2.57. The summed E-state index contributed by atoms with van der Waals surface area (Å²) in [5.41, 5.74) is 0.380. The van der Waals surface area contributed by atoms with Gasteiger partial charge in [0.15, 0.2) is 5.60 Å². The first kappa shape index (κ1) is 22.8. The van der Waals surface area contributed by atoms with Gasteiger partial charge in [-0.2, -0.15) is 0 Å². The molecule has 0 saturated carbocycles. The molecule has 2 aromatic rings. The maximum absolute atomic E-state index is 13.3. The van der Waals surface area contributed by atoms with Crippen molar-refractivity contribution in [1.29, 1.82) is 0 Å². The first-order chi connectivity index (χ1) is 15.7. The zero-order chi connectivity index (χ0) is 23.8. The predicted molar refractivity (Wildman–Crippen MR) is 128 cm³/mol. The maximum atomic E-state index is 13.3. The van der Waals surface area contributed by atoms with Crippen LogP contribution >= 0.6 is 0 Å². The number of carbonyl (C=O) groups is 3. The highest BCUT2D eigenvalue weighted by Gasteiger charge is 2.43. The Balaban J connectivity index is 1.63. The first-order valence-electron chi connectivity index (χ1n) is 11.5. The summed E-state index contributed by atoms with van der Waals surface area (Å²) in [5, 5.41) is 2.85. The molecule has 2 heterocycles. The molecule has 33 heavy (non-hydrogen) atoms. The molecule has 0 bridgehead atoms. The number of likely N-dealkylation sites (tertiary alicyclic amines) is 1. The minimum absolute atomic E-state index is 0.0862. The molecule has 0 aliphatic carbocycles. The Labute approximate surface area is 194 Å². The molecule has 2 aromatic carbocycles. The SMILES string of the molecule is C[C@@H]1CCC[C@@H](C)N1C(=O)CN1C(=O)C(C)(C)Oc2ccc(C(=O)Nc3ccccc3)cc21. The molecule has 2 aliphatic heterocycles. The van der Waals surface area contributed by atoms with Crippen LogP contribution in [-0.2, 0) is 9.59 Å². The summed E-state index contributed by atoms with van der Waals surface area (Å²) in [7, 11) is 0. The highest BCUT2D eigenvalue weighted by atomic mass is 16.5. The smallest absolute Gasteiger partial charge is 0.271 e. The second kappa shape index (κ2) is 8.89. The van der Waals surface area contributed by atoms with E-state index in [0.717, 1.165) is 19.3 Å². The van der Waals surface area contributed by atoms with Gasteiger partial charge < -0.3 is 15.0 Å². The van der Waals surface area contributed by atoms with Crippen LogP contribution in [0.1, 0.15) is 57.3 Å². The van der Waals surface area contributed by atoms with Crippen LogP contribution in [0.5, 0.6) is 5.75 Å². The van der Waals surface area contributed by atoms with Crippen molar-refractivity contribution in [3.05, 3.63) is 54.1 Å². The van der Waals surface area contributed by atoms with E-state index in [2.05, 4.69) is 19.2 Å². The van der Waals surface area contributed by atoms with Crippen LogP contribution in [0.4, 0.5) is 11.4 Å². The van der Waals surface area contributed by atoms with Crippen molar-refractivity contribution in [2.24, 2.45) is 0 Å². The molecule has 7 nitrogen and oxygen atoms in total. The van der Waals surface area contributed by atoms with E-state index in [9.17, 15) is 14.4 Å². The fraction of sp³-hybridized carbons (Fsp3) is 0.423. The van der Waals surface area contributed by atoms with Gasteiger partial charge in [0.1, 0.15) is 12.3 Å².